The minimum Gasteiger partial charge on any atom is -0.461 e. The van der Waals surface area contributed by atoms with E-state index >= 15 is 0 Å². The van der Waals surface area contributed by atoms with Gasteiger partial charge in [0.1, 0.15) is 0 Å². The van der Waals surface area contributed by atoms with Gasteiger partial charge >= 0.3 is 0 Å². The van der Waals surface area contributed by atoms with Crippen LogP contribution in [0.1, 0.15) is 24.1 Å². The standard InChI is InChI=1S/C16H16ClN3O3S/c1-2-20(10-11-5-6-13(17)24-11)15(21)8-7-14-18-16(19-23-14)12-4-3-9-22-12/h3-6,9H,2,7-8,10H2,1H3. The van der Waals surface area contributed by atoms with Crippen LogP contribution in [0.5, 0.6) is 0 Å². The first kappa shape index (κ1) is 16.7. The zero-order chi connectivity index (χ0) is 16.9. The van der Waals surface area contributed by atoms with Crippen LogP contribution in [0, 0.1) is 0 Å². The molecule has 3 heterocycles. The monoisotopic (exact) mass is 365 g/mol. The molecule has 0 saturated carbocycles. The van der Waals surface area contributed by atoms with Crippen molar-refractivity contribution in [2.24, 2.45) is 0 Å². The molecule has 3 aromatic rings. The molecule has 0 bridgehead atoms. The van der Waals surface area contributed by atoms with Crippen molar-refractivity contribution in [1.82, 2.24) is 15.0 Å². The molecule has 8 heteroatoms. The summed E-state index contributed by atoms with van der Waals surface area (Å²) in [4.78, 5) is 19.5. The first-order valence-electron chi connectivity index (χ1n) is 7.54. The van der Waals surface area contributed by atoms with Crippen molar-refractivity contribution in [3.63, 3.8) is 0 Å². The number of carbonyl (C=O) groups is 1. The van der Waals surface area contributed by atoms with Crippen LogP contribution < -0.4 is 0 Å². The van der Waals surface area contributed by atoms with Crippen molar-refractivity contribution in [1.29, 1.82) is 0 Å². The number of nitrogens with zero attached hydrogens (tertiary/aromatic N) is 3. The topological polar surface area (TPSA) is 72.4 Å². The van der Waals surface area contributed by atoms with E-state index in [0.717, 1.165) is 9.21 Å². The van der Waals surface area contributed by atoms with Gasteiger partial charge in [-0.25, -0.2) is 0 Å². The number of furan rings is 1. The van der Waals surface area contributed by atoms with Gasteiger partial charge in [-0.15, -0.1) is 11.3 Å². The van der Waals surface area contributed by atoms with Gasteiger partial charge in [-0.1, -0.05) is 16.8 Å². The molecule has 0 aliphatic rings. The highest BCUT2D eigenvalue weighted by Gasteiger charge is 2.16. The summed E-state index contributed by atoms with van der Waals surface area (Å²) in [6, 6.07) is 7.29. The quantitative estimate of drug-likeness (QED) is 0.632. The molecular formula is C16H16ClN3O3S. The van der Waals surface area contributed by atoms with Gasteiger partial charge < -0.3 is 13.8 Å². The molecule has 0 atom stereocenters. The molecule has 0 spiro atoms. The summed E-state index contributed by atoms with van der Waals surface area (Å²) in [5.74, 6) is 1.40. The predicted molar refractivity (Wildman–Crippen MR) is 90.7 cm³/mol. The van der Waals surface area contributed by atoms with E-state index in [1.807, 2.05) is 19.1 Å². The van der Waals surface area contributed by atoms with E-state index in [-0.39, 0.29) is 5.91 Å². The highest BCUT2D eigenvalue weighted by atomic mass is 35.5. The SMILES string of the molecule is CCN(Cc1ccc(Cl)s1)C(=O)CCc1nc(-c2ccco2)no1. The molecule has 1 amide bonds. The Morgan fingerprint density at radius 2 is 2.25 bits per heavy atom. The lowest BCUT2D eigenvalue weighted by molar-refractivity contribution is -0.131. The fourth-order valence-electron chi connectivity index (χ4n) is 2.24. The Balaban J connectivity index is 1.56. The van der Waals surface area contributed by atoms with Crippen molar-refractivity contribution in [3.05, 3.63) is 45.6 Å². The van der Waals surface area contributed by atoms with E-state index in [0.29, 0.717) is 43.4 Å². The number of rotatable bonds is 7. The molecule has 0 aliphatic heterocycles. The van der Waals surface area contributed by atoms with Crippen LogP contribution in [-0.4, -0.2) is 27.5 Å². The minimum atomic E-state index is 0.0415. The molecule has 0 aromatic carbocycles. The van der Waals surface area contributed by atoms with Crippen LogP contribution in [-0.2, 0) is 17.8 Å². The number of hydrogen-bond donors (Lipinski definition) is 0. The van der Waals surface area contributed by atoms with Gasteiger partial charge in [0.15, 0.2) is 5.76 Å². The summed E-state index contributed by atoms with van der Waals surface area (Å²) in [7, 11) is 0. The van der Waals surface area contributed by atoms with Crippen LogP contribution in [0.25, 0.3) is 11.6 Å². The minimum absolute atomic E-state index is 0.0415. The fraction of sp³-hybridized carbons (Fsp3) is 0.312. The smallest absolute Gasteiger partial charge is 0.238 e. The molecule has 0 N–H and O–H groups in total. The molecule has 126 valence electrons. The van der Waals surface area contributed by atoms with E-state index in [1.54, 1.807) is 23.3 Å². The molecule has 0 saturated heterocycles. The predicted octanol–water partition coefficient (Wildman–Crippen LogP) is 4.03. The molecule has 6 nitrogen and oxygen atoms in total. The Morgan fingerprint density at radius 1 is 1.38 bits per heavy atom. The van der Waals surface area contributed by atoms with E-state index in [4.69, 9.17) is 20.5 Å². The van der Waals surface area contributed by atoms with Crippen molar-refractivity contribution >= 4 is 28.8 Å². The number of aromatic nitrogens is 2. The lowest BCUT2D eigenvalue weighted by atomic mass is 10.2. The van der Waals surface area contributed by atoms with Gasteiger partial charge in [-0.05, 0) is 31.2 Å². The first-order chi connectivity index (χ1) is 11.7. The highest BCUT2D eigenvalue weighted by Crippen LogP contribution is 2.23. The van der Waals surface area contributed by atoms with Gasteiger partial charge in [0.2, 0.25) is 17.6 Å². The van der Waals surface area contributed by atoms with Crippen LogP contribution in [0.2, 0.25) is 4.34 Å². The Kier molecular flexibility index (Phi) is 5.32. The van der Waals surface area contributed by atoms with Crippen molar-refractivity contribution in [2.45, 2.75) is 26.3 Å². The van der Waals surface area contributed by atoms with E-state index < -0.39 is 0 Å². The summed E-state index contributed by atoms with van der Waals surface area (Å²) < 4.78 is 11.1. The van der Waals surface area contributed by atoms with Gasteiger partial charge in [0.25, 0.3) is 0 Å². The largest absolute Gasteiger partial charge is 0.461 e. The van der Waals surface area contributed by atoms with Crippen LogP contribution >= 0.6 is 22.9 Å². The average Bonchev–Trinajstić information content (AvgIpc) is 3.31. The summed E-state index contributed by atoms with van der Waals surface area (Å²) in [6.07, 6.45) is 2.26. The Bertz CT molecular complexity index is 797. The lowest BCUT2D eigenvalue weighted by Crippen LogP contribution is -2.30. The Morgan fingerprint density at radius 3 is 2.92 bits per heavy atom. The number of aryl methyl sites for hydroxylation is 1. The number of hydrogen-bond acceptors (Lipinski definition) is 6. The lowest BCUT2D eigenvalue weighted by Gasteiger charge is -2.19. The summed E-state index contributed by atoms with van der Waals surface area (Å²) >= 11 is 7.42. The number of amides is 1. The average molecular weight is 366 g/mol. The van der Waals surface area contributed by atoms with Crippen LogP contribution in [0.4, 0.5) is 0 Å². The zero-order valence-electron chi connectivity index (χ0n) is 13.1. The first-order valence-corrected chi connectivity index (χ1v) is 8.73. The number of halogens is 1. The summed E-state index contributed by atoms with van der Waals surface area (Å²) in [5.41, 5.74) is 0. The molecule has 24 heavy (non-hydrogen) atoms. The molecule has 0 radical (unpaired) electrons. The maximum atomic E-state index is 12.4. The third-order valence-electron chi connectivity index (χ3n) is 3.47. The second-order valence-corrected chi connectivity index (χ2v) is 6.90. The molecule has 0 fully saturated rings. The molecule has 3 aromatic heterocycles. The molecule has 0 aliphatic carbocycles. The van der Waals surface area contributed by atoms with Crippen molar-refractivity contribution < 1.29 is 13.7 Å². The second kappa shape index (κ2) is 7.63. The Hall–Kier alpha value is -2.12. The Labute approximate surface area is 148 Å². The van der Waals surface area contributed by atoms with E-state index in [2.05, 4.69) is 10.1 Å². The summed E-state index contributed by atoms with van der Waals surface area (Å²) in [5, 5.41) is 3.85. The van der Waals surface area contributed by atoms with Gasteiger partial charge in [-0.3, -0.25) is 4.79 Å². The van der Waals surface area contributed by atoms with Gasteiger partial charge in [-0.2, -0.15) is 4.98 Å². The number of carbonyl (C=O) groups excluding carboxylic acids is 1. The highest BCUT2D eigenvalue weighted by molar-refractivity contribution is 7.16. The van der Waals surface area contributed by atoms with Crippen LogP contribution in [0.15, 0.2) is 39.5 Å². The maximum Gasteiger partial charge on any atom is 0.238 e. The van der Waals surface area contributed by atoms with E-state index in [1.165, 1.54) is 11.3 Å². The molecule has 0 unspecified atom stereocenters. The van der Waals surface area contributed by atoms with Gasteiger partial charge in [0.05, 0.1) is 17.1 Å². The second-order valence-electron chi connectivity index (χ2n) is 5.10. The van der Waals surface area contributed by atoms with E-state index in [9.17, 15) is 4.79 Å². The number of thiophene rings is 1. The zero-order valence-corrected chi connectivity index (χ0v) is 14.6. The normalized spacial score (nSPS) is 10.9. The molecular weight excluding hydrogens is 350 g/mol. The maximum absolute atomic E-state index is 12.4. The molecule has 3 rings (SSSR count). The summed E-state index contributed by atoms with van der Waals surface area (Å²) in [6.45, 7) is 3.15. The van der Waals surface area contributed by atoms with Crippen LogP contribution in [0.3, 0.4) is 0 Å². The van der Waals surface area contributed by atoms with Crippen molar-refractivity contribution in [3.8, 4) is 11.6 Å². The third kappa shape index (κ3) is 4.04. The van der Waals surface area contributed by atoms with Crippen molar-refractivity contribution in [2.75, 3.05) is 6.54 Å². The third-order valence-corrected chi connectivity index (χ3v) is 4.69. The fourth-order valence-corrected chi connectivity index (χ4v) is 3.34. The van der Waals surface area contributed by atoms with Gasteiger partial charge in [0, 0.05) is 24.3 Å².